The van der Waals surface area contributed by atoms with Crippen molar-refractivity contribution in [2.75, 3.05) is 19.7 Å². The molecule has 0 radical (unpaired) electrons. The summed E-state index contributed by atoms with van der Waals surface area (Å²) in [5, 5.41) is 17.3. The van der Waals surface area contributed by atoms with Gasteiger partial charge in [-0.05, 0) is 46.9 Å². The number of nitriles is 1. The van der Waals surface area contributed by atoms with Gasteiger partial charge in [-0.15, -0.1) is 0 Å². The highest BCUT2D eigenvalue weighted by atomic mass is 127. The molecule has 0 aliphatic heterocycles. The molecule has 0 spiro atoms. The maximum Gasteiger partial charge on any atom is 0.407 e. The zero-order valence-electron chi connectivity index (χ0n) is 10.1. The van der Waals surface area contributed by atoms with E-state index in [1.54, 1.807) is 0 Å². The lowest BCUT2D eigenvalue weighted by atomic mass is 10.3. The number of nitrogens with zero attached hydrogens (tertiary/aromatic N) is 2. The second-order valence-corrected chi connectivity index (χ2v) is 4.81. The van der Waals surface area contributed by atoms with Crippen molar-refractivity contribution < 1.29 is 14.6 Å². The van der Waals surface area contributed by atoms with Crippen LogP contribution in [0.1, 0.15) is 0 Å². The Kier molecular flexibility index (Phi) is 6.74. The first-order chi connectivity index (χ1) is 9.13. The molecule has 0 aliphatic carbocycles. The van der Waals surface area contributed by atoms with Gasteiger partial charge in [0, 0.05) is 16.2 Å². The van der Waals surface area contributed by atoms with Crippen LogP contribution in [0.4, 0.5) is 4.79 Å². The number of hydrogen-bond acceptors (Lipinski definition) is 3. The van der Waals surface area contributed by atoms with Gasteiger partial charge in [-0.3, -0.25) is 0 Å². The molecule has 1 aromatic carbocycles. The van der Waals surface area contributed by atoms with E-state index in [0.717, 1.165) is 3.57 Å². The molecule has 0 atom stereocenters. The fraction of sp³-hybridized carbons (Fsp3) is 0.231. The molecule has 1 rings (SSSR count). The van der Waals surface area contributed by atoms with Gasteiger partial charge in [0.05, 0.1) is 12.6 Å². The number of allylic oxidation sites excluding steroid dienone is 1. The molecular formula is C13H13IN2O3. The summed E-state index contributed by atoms with van der Waals surface area (Å²) in [5.74, 6) is 0.707. The number of benzene rings is 1. The van der Waals surface area contributed by atoms with E-state index in [0.29, 0.717) is 5.75 Å². The van der Waals surface area contributed by atoms with E-state index in [1.165, 1.54) is 17.1 Å². The molecule has 0 fully saturated rings. The molecule has 19 heavy (non-hydrogen) atoms. The van der Waals surface area contributed by atoms with Crippen LogP contribution in [0.5, 0.6) is 5.75 Å². The highest BCUT2D eigenvalue weighted by Gasteiger charge is 2.09. The molecule has 0 saturated heterocycles. The zero-order valence-corrected chi connectivity index (χ0v) is 12.3. The number of rotatable bonds is 6. The Hall–Kier alpha value is -1.75. The predicted octanol–water partition coefficient (Wildman–Crippen LogP) is 2.73. The molecule has 0 saturated carbocycles. The minimum Gasteiger partial charge on any atom is -0.492 e. The smallest absolute Gasteiger partial charge is 0.407 e. The van der Waals surface area contributed by atoms with E-state index in [1.807, 2.05) is 30.3 Å². The third kappa shape index (κ3) is 6.10. The van der Waals surface area contributed by atoms with Crippen molar-refractivity contribution in [3.63, 3.8) is 0 Å². The summed E-state index contributed by atoms with van der Waals surface area (Å²) >= 11 is 2.20. The van der Waals surface area contributed by atoms with E-state index in [2.05, 4.69) is 22.6 Å². The monoisotopic (exact) mass is 372 g/mol. The first kappa shape index (κ1) is 15.3. The van der Waals surface area contributed by atoms with Crippen molar-refractivity contribution in [1.29, 1.82) is 5.26 Å². The Morgan fingerprint density at radius 2 is 2.16 bits per heavy atom. The maximum absolute atomic E-state index is 10.9. The number of halogens is 1. The van der Waals surface area contributed by atoms with Crippen LogP contribution in [-0.4, -0.2) is 35.8 Å². The Morgan fingerprint density at radius 1 is 1.47 bits per heavy atom. The fourth-order valence-corrected chi connectivity index (χ4v) is 1.66. The molecule has 0 heterocycles. The fourth-order valence-electron chi connectivity index (χ4n) is 1.30. The van der Waals surface area contributed by atoms with E-state index >= 15 is 0 Å². The topological polar surface area (TPSA) is 73.6 Å². The third-order valence-corrected chi connectivity index (χ3v) is 2.95. The molecule has 0 unspecified atom stereocenters. The number of amides is 1. The molecule has 0 aromatic heterocycles. The minimum atomic E-state index is -1.03. The van der Waals surface area contributed by atoms with Crippen LogP contribution in [0.15, 0.2) is 36.4 Å². The Labute approximate surface area is 125 Å². The normalized spacial score (nSPS) is 10.1. The third-order valence-electron chi connectivity index (χ3n) is 2.23. The highest BCUT2D eigenvalue weighted by molar-refractivity contribution is 14.1. The van der Waals surface area contributed by atoms with Gasteiger partial charge in [-0.1, -0.05) is 6.08 Å². The highest BCUT2D eigenvalue weighted by Crippen LogP contribution is 2.13. The maximum atomic E-state index is 10.9. The number of ether oxygens (including phenoxy) is 1. The molecule has 0 bridgehead atoms. The van der Waals surface area contributed by atoms with Crippen LogP contribution in [0, 0.1) is 14.9 Å². The lowest BCUT2D eigenvalue weighted by Crippen LogP contribution is -2.33. The van der Waals surface area contributed by atoms with Crippen molar-refractivity contribution in [2.24, 2.45) is 0 Å². The molecule has 100 valence electrons. The Bertz CT molecular complexity index is 480. The number of hydrogen-bond donors (Lipinski definition) is 1. The quantitative estimate of drug-likeness (QED) is 0.616. The lowest BCUT2D eigenvalue weighted by Gasteiger charge is -2.17. The van der Waals surface area contributed by atoms with Gasteiger partial charge < -0.3 is 14.7 Å². The standard InChI is InChI=1S/C13H13IN2O3/c14-11-3-5-12(6-4-11)19-10-9-16(13(17)18)8-2-1-7-15/h1-6H,8-10H2,(H,17,18). The van der Waals surface area contributed by atoms with Crippen LogP contribution in [0.25, 0.3) is 0 Å². The average Bonchev–Trinajstić information content (AvgIpc) is 2.39. The van der Waals surface area contributed by atoms with Crippen LogP contribution < -0.4 is 4.74 Å². The predicted molar refractivity (Wildman–Crippen MR) is 79.0 cm³/mol. The van der Waals surface area contributed by atoms with Crippen LogP contribution in [0.3, 0.4) is 0 Å². The molecule has 5 nitrogen and oxygen atoms in total. The van der Waals surface area contributed by atoms with Crippen molar-refractivity contribution >= 4 is 28.7 Å². The first-order valence-corrected chi connectivity index (χ1v) is 6.62. The summed E-state index contributed by atoms with van der Waals surface area (Å²) < 4.78 is 6.56. The Balaban J connectivity index is 2.40. The number of carboxylic acid groups (broad SMARTS) is 1. The summed E-state index contributed by atoms with van der Waals surface area (Å²) in [5.41, 5.74) is 0. The van der Waals surface area contributed by atoms with Gasteiger partial charge in [0.15, 0.2) is 0 Å². The first-order valence-electron chi connectivity index (χ1n) is 5.54. The van der Waals surface area contributed by atoms with Gasteiger partial charge in [-0.25, -0.2) is 4.79 Å². The molecular weight excluding hydrogens is 359 g/mol. The summed E-state index contributed by atoms with van der Waals surface area (Å²) in [4.78, 5) is 12.1. The van der Waals surface area contributed by atoms with E-state index < -0.39 is 6.09 Å². The SMILES string of the molecule is N#CC=CCN(CCOc1ccc(I)cc1)C(=O)O. The largest absolute Gasteiger partial charge is 0.492 e. The molecule has 1 amide bonds. The van der Waals surface area contributed by atoms with Gasteiger partial charge in [0.25, 0.3) is 0 Å². The summed E-state index contributed by atoms with van der Waals surface area (Å²) in [7, 11) is 0. The van der Waals surface area contributed by atoms with Gasteiger partial charge in [-0.2, -0.15) is 5.26 Å². The van der Waals surface area contributed by atoms with Gasteiger partial charge in [0.1, 0.15) is 12.4 Å². The average molecular weight is 372 g/mol. The van der Waals surface area contributed by atoms with Crippen molar-refractivity contribution in [3.8, 4) is 11.8 Å². The van der Waals surface area contributed by atoms with Gasteiger partial charge in [0.2, 0.25) is 0 Å². The zero-order chi connectivity index (χ0) is 14.1. The second-order valence-electron chi connectivity index (χ2n) is 3.56. The minimum absolute atomic E-state index is 0.180. The van der Waals surface area contributed by atoms with Crippen molar-refractivity contribution in [2.45, 2.75) is 0 Å². The van der Waals surface area contributed by atoms with Crippen molar-refractivity contribution in [3.05, 3.63) is 40.0 Å². The van der Waals surface area contributed by atoms with Crippen molar-refractivity contribution in [1.82, 2.24) is 4.90 Å². The molecule has 1 aromatic rings. The molecule has 6 heteroatoms. The number of carbonyl (C=O) groups is 1. The lowest BCUT2D eigenvalue weighted by molar-refractivity contribution is 0.141. The summed E-state index contributed by atoms with van der Waals surface area (Å²) in [6, 6.07) is 9.32. The Morgan fingerprint density at radius 3 is 2.74 bits per heavy atom. The summed E-state index contributed by atoms with van der Waals surface area (Å²) in [6.45, 7) is 0.698. The van der Waals surface area contributed by atoms with Crippen LogP contribution >= 0.6 is 22.6 Å². The second kappa shape index (κ2) is 8.37. The van der Waals surface area contributed by atoms with E-state index in [9.17, 15) is 4.79 Å². The van der Waals surface area contributed by atoms with Crippen LogP contribution in [-0.2, 0) is 0 Å². The summed E-state index contributed by atoms with van der Waals surface area (Å²) in [6.07, 6.45) is 1.73. The van der Waals surface area contributed by atoms with Crippen LogP contribution in [0.2, 0.25) is 0 Å². The molecule has 1 N–H and O–H groups in total. The van der Waals surface area contributed by atoms with E-state index in [4.69, 9.17) is 15.1 Å². The van der Waals surface area contributed by atoms with E-state index in [-0.39, 0.29) is 19.7 Å². The molecule has 0 aliphatic rings. The van der Waals surface area contributed by atoms with Gasteiger partial charge >= 0.3 is 6.09 Å².